The molecular formula is C22H32N2O3S. The van der Waals surface area contributed by atoms with Gasteiger partial charge in [0.1, 0.15) is 5.01 Å². The van der Waals surface area contributed by atoms with Crippen molar-refractivity contribution in [2.24, 2.45) is 0 Å². The Morgan fingerprint density at radius 1 is 1.43 bits per heavy atom. The topological polar surface area (TPSA) is 71.5 Å². The number of ether oxygens (including phenoxy) is 1. The molecule has 0 unspecified atom stereocenters. The van der Waals surface area contributed by atoms with E-state index in [9.17, 15) is 9.90 Å². The van der Waals surface area contributed by atoms with Gasteiger partial charge in [-0.1, -0.05) is 56.4 Å². The van der Waals surface area contributed by atoms with Crippen molar-refractivity contribution in [3.63, 3.8) is 0 Å². The van der Waals surface area contributed by atoms with Crippen molar-refractivity contribution in [3.05, 3.63) is 65.2 Å². The van der Waals surface area contributed by atoms with Gasteiger partial charge in [0, 0.05) is 23.8 Å². The highest BCUT2D eigenvalue weighted by molar-refractivity contribution is 7.09. The predicted molar refractivity (Wildman–Crippen MR) is 117 cm³/mol. The molecule has 0 fully saturated rings. The monoisotopic (exact) mass is 404 g/mol. The number of aliphatic hydroxyl groups is 1. The minimum atomic E-state index is -0.556. The normalized spacial score (nSPS) is 13.0. The van der Waals surface area contributed by atoms with Gasteiger partial charge >= 0.3 is 6.09 Å². The van der Waals surface area contributed by atoms with Crippen LogP contribution in [0.25, 0.3) is 0 Å². The number of carbonyl (C=O) groups is 1. The zero-order valence-corrected chi connectivity index (χ0v) is 17.9. The average Bonchev–Trinajstić information content (AvgIpc) is 3.14. The lowest BCUT2D eigenvalue weighted by molar-refractivity contribution is 0.102. The molecule has 1 atom stereocenters. The van der Waals surface area contributed by atoms with Crippen LogP contribution in [0.1, 0.15) is 43.8 Å². The van der Waals surface area contributed by atoms with Crippen molar-refractivity contribution in [2.45, 2.75) is 51.0 Å². The lowest BCUT2D eigenvalue weighted by Crippen LogP contribution is -2.33. The van der Waals surface area contributed by atoms with Gasteiger partial charge in [0.25, 0.3) is 0 Å². The number of rotatable bonds is 12. The van der Waals surface area contributed by atoms with Gasteiger partial charge in [-0.25, -0.2) is 9.78 Å². The van der Waals surface area contributed by atoms with Crippen LogP contribution in [0.3, 0.4) is 0 Å². The highest BCUT2D eigenvalue weighted by Gasteiger charge is 2.32. The smallest absolute Gasteiger partial charge is 0.406 e. The molecular weight excluding hydrogens is 372 g/mol. The Labute approximate surface area is 172 Å². The van der Waals surface area contributed by atoms with E-state index in [0.29, 0.717) is 19.4 Å². The van der Waals surface area contributed by atoms with E-state index in [1.54, 1.807) is 11.3 Å². The number of amides is 1. The summed E-state index contributed by atoms with van der Waals surface area (Å²) in [6.07, 6.45) is 11.6. The van der Waals surface area contributed by atoms with E-state index in [1.807, 2.05) is 37.5 Å². The standard InChI is InChI=1S/C22H32N2O3S/c1-6-7-8-9-12-18-16-28-20(24-18)22(3,4)19(25)13-10-11-17(2)14-15-23-21(26)27-5/h6,8-11,16,19,25H,1-2,7,12-15H2,3-5H3,(H,23,26)/b9-8-,11-10-/t19-/m0/s1. The molecule has 0 saturated heterocycles. The summed E-state index contributed by atoms with van der Waals surface area (Å²) in [7, 11) is 1.33. The van der Waals surface area contributed by atoms with E-state index < -0.39 is 17.6 Å². The van der Waals surface area contributed by atoms with Crippen molar-refractivity contribution in [1.29, 1.82) is 0 Å². The predicted octanol–water partition coefficient (Wildman–Crippen LogP) is 4.71. The van der Waals surface area contributed by atoms with Crippen LogP contribution >= 0.6 is 11.3 Å². The molecule has 1 amide bonds. The Morgan fingerprint density at radius 2 is 2.18 bits per heavy atom. The van der Waals surface area contributed by atoms with Gasteiger partial charge in [-0.3, -0.25) is 0 Å². The SMILES string of the molecule is C=CC/C=C\Cc1csc(C(C)(C)[C@@H](O)C/C=C\C(=C)CCNC(=O)OC)n1. The lowest BCUT2D eigenvalue weighted by Gasteiger charge is -2.27. The van der Waals surface area contributed by atoms with Crippen LogP contribution in [0.15, 0.2) is 54.5 Å². The van der Waals surface area contributed by atoms with E-state index in [1.165, 1.54) is 7.11 Å². The highest BCUT2D eigenvalue weighted by atomic mass is 32.1. The number of nitrogens with one attached hydrogen (secondary N) is 1. The molecule has 0 radical (unpaired) electrons. The number of aromatic nitrogens is 1. The number of hydrogen-bond acceptors (Lipinski definition) is 5. The molecule has 0 spiro atoms. The van der Waals surface area contributed by atoms with E-state index in [0.717, 1.165) is 29.1 Å². The molecule has 1 heterocycles. The van der Waals surface area contributed by atoms with Gasteiger partial charge in [-0.05, 0) is 19.3 Å². The fourth-order valence-electron chi connectivity index (χ4n) is 2.37. The zero-order chi connectivity index (χ0) is 21.0. The summed E-state index contributed by atoms with van der Waals surface area (Å²) in [4.78, 5) is 15.7. The first-order chi connectivity index (χ1) is 13.3. The highest BCUT2D eigenvalue weighted by Crippen LogP contribution is 2.31. The van der Waals surface area contributed by atoms with Crippen molar-refractivity contribution < 1.29 is 14.6 Å². The Balaban J connectivity index is 2.52. The van der Waals surface area contributed by atoms with E-state index in [-0.39, 0.29) is 0 Å². The largest absolute Gasteiger partial charge is 0.453 e. The number of thiazole rings is 1. The second-order valence-corrected chi connectivity index (χ2v) is 7.90. The first-order valence-corrected chi connectivity index (χ1v) is 10.2. The molecule has 28 heavy (non-hydrogen) atoms. The molecule has 2 N–H and O–H groups in total. The number of allylic oxidation sites excluding steroid dienone is 4. The van der Waals surface area contributed by atoms with Gasteiger partial charge in [0.05, 0.1) is 18.9 Å². The Bertz CT molecular complexity index is 704. The third-order valence-electron chi connectivity index (χ3n) is 4.35. The maximum Gasteiger partial charge on any atom is 0.406 e. The first-order valence-electron chi connectivity index (χ1n) is 9.36. The Kier molecular flexibility index (Phi) is 10.5. The maximum atomic E-state index is 11.0. The Morgan fingerprint density at radius 3 is 2.86 bits per heavy atom. The summed E-state index contributed by atoms with van der Waals surface area (Å²) in [5.74, 6) is 0. The van der Waals surface area contributed by atoms with Gasteiger partial charge in [-0.15, -0.1) is 17.9 Å². The van der Waals surface area contributed by atoms with Gasteiger partial charge in [0.15, 0.2) is 0 Å². The molecule has 0 bridgehead atoms. The van der Waals surface area contributed by atoms with Crippen LogP contribution in [-0.4, -0.2) is 35.9 Å². The van der Waals surface area contributed by atoms with Crippen LogP contribution in [0.2, 0.25) is 0 Å². The average molecular weight is 405 g/mol. The van der Waals surface area contributed by atoms with Crippen LogP contribution in [0, 0.1) is 0 Å². The summed E-state index contributed by atoms with van der Waals surface area (Å²) >= 11 is 1.59. The molecule has 1 aromatic heterocycles. The number of methoxy groups -OCH3 is 1. The van der Waals surface area contributed by atoms with Gasteiger partial charge in [-0.2, -0.15) is 0 Å². The summed E-state index contributed by atoms with van der Waals surface area (Å²) in [5.41, 5.74) is 1.46. The number of hydrogen-bond donors (Lipinski definition) is 2. The quantitative estimate of drug-likeness (QED) is 0.391. The molecule has 6 heteroatoms. The van der Waals surface area contributed by atoms with Crippen LogP contribution < -0.4 is 5.32 Å². The molecule has 0 aliphatic rings. The van der Waals surface area contributed by atoms with Crippen molar-refractivity contribution in [2.75, 3.05) is 13.7 Å². The minimum absolute atomic E-state index is 0.439. The second kappa shape index (κ2) is 12.3. The van der Waals surface area contributed by atoms with Crippen molar-refractivity contribution in [1.82, 2.24) is 10.3 Å². The van der Waals surface area contributed by atoms with E-state index in [2.05, 4.69) is 35.4 Å². The van der Waals surface area contributed by atoms with Crippen LogP contribution in [-0.2, 0) is 16.6 Å². The second-order valence-electron chi connectivity index (χ2n) is 7.05. The maximum absolute atomic E-state index is 11.0. The van der Waals surface area contributed by atoms with E-state index in [4.69, 9.17) is 4.98 Å². The van der Waals surface area contributed by atoms with Crippen LogP contribution in [0.5, 0.6) is 0 Å². The van der Waals surface area contributed by atoms with Crippen molar-refractivity contribution >= 4 is 17.4 Å². The molecule has 1 aromatic rings. The fraction of sp³-hybridized carbons (Fsp3) is 0.455. The van der Waals surface area contributed by atoms with Gasteiger partial charge < -0.3 is 15.2 Å². The molecule has 0 saturated carbocycles. The molecule has 0 aliphatic carbocycles. The number of aliphatic hydroxyl groups excluding tert-OH is 1. The fourth-order valence-corrected chi connectivity index (χ4v) is 3.38. The summed E-state index contributed by atoms with van der Waals surface area (Å²) in [6, 6.07) is 0. The summed E-state index contributed by atoms with van der Waals surface area (Å²) in [6.45, 7) is 12.1. The molecule has 0 aromatic carbocycles. The molecule has 0 aliphatic heterocycles. The summed E-state index contributed by atoms with van der Waals surface area (Å²) < 4.78 is 4.51. The van der Waals surface area contributed by atoms with Crippen LogP contribution in [0.4, 0.5) is 4.79 Å². The number of carbonyl (C=O) groups excluding carboxylic acids is 1. The van der Waals surface area contributed by atoms with E-state index >= 15 is 0 Å². The molecule has 5 nitrogen and oxygen atoms in total. The van der Waals surface area contributed by atoms with Gasteiger partial charge in [0.2, 0.25) is 0 Å². The zero-order valence-electron chi connectivity index (χ0n) is 17.1. The number of alkyl carbamates (subject to hydrolysis) is 1. The van der Waals surface area contributed by atoms with Crippen molar-refractivity contribution in [3.8, 4) is 0 Å². The Hall–Kier alpha value is -2.18. The lowest BCUT2D eigenvalue weighted by atomic mass is 9.85. The molecule has 154 valence electrons. The molecule has 1 rings (SSSR count). The summed E-state index contributed by atoms with van der Waals surface area (Å²) in [5, 5.41) is 16.3. The minimum Gasteiger partial charge on any atom is -0.453 e. The third kappa shape index (κ3) is 8.23. The third-order valence-corrected chi connectivity index (χ3v) is 5.58. The number of nitrogens with zero attached hydrogens (tertiary/aromatic N) is 1. The first kappa shape index (κ1) is 23.9.